The van der Waals surface area contributed by atoms with Crippen LogP contribution in [0.25, 0.3) is 0 Å². The first-order chi connectivity index (χ1) is 17.0. The van der Waals surface area contributed by atoms with E-state index in [2.05, 4.69) is 20.8 Å². The zero-order chi connectivity index (χ0) is 24.6. The lowest BCUT2D eigenvalue weighted by Gasteiger charge is -2.09. The predicted molar refractivity (Wildman–Crippen MR) is 135 cm³/mol. The van der Waals surface area contributed by atoms with Crippen LogP contribution in [0.4, 0.5) is 11.4 Å². The van der Waals surface area contributed by atoms with Gasteiger partial charge in [-0.25, -0.2) is 0 Å². The number of carbonyl (C=O) groups is 2. The van der Waals surface area contributed by atoms with E-state index in [4.69, 9.17) is 9.47 Å². The van der Waals surface area contributed by atoms with Gasteiger partial charge in [0.2, 0.25) is 5.01 Å². The van der Waals surface area contributed by atoms with Crippen LogP contribution < -0.4 is 20.1 Å². The first-order valence-electron chi connectivity index (χ1n) is 11.0. The third-order valence-corrected chi connectivity index (χ3v) is 5.75. The van der Waals surface area contributed by atoms with Crippen molar-refractivity contribution in [2.24, 2.45) is 0 Å². The minimum atomic E-state index is -0.409. The first kappa shape index (κ1) is 23.9. The Bertz CT molecular complexity index is 1300. The van der Waals surface area contributed by atoms with E-state index in [0.29, 0.717) is 28.6 Å². The fourth-order valence-corrected chi connectivity index (χ4v) is 3.76. The van der Waals surface area contributed by atoms with Gasteiger partial charge >= 0.3 is 0 Å². The highest BCUT2D eigenvalue weighted by molar-refractivity contribution is 7.13. The SMILES string of the molecule is CCOc1ccc(NC(=O)c2cccc(NC(=O)c3nnc(COc4ccc(C)cc4)s3)c2)cc1. The molecule has 8 nitrogen and oxygen atoms in total. The van der Waals surface area contributed by atoms with Gasteiger partial charge in [0, 0.05) is 16.9 Å². The van der Waals surface area contributed by atoms with E-state index in [0.717, 1.165) is 28.4 Å². The zero-order valence-electron chi connectivity index (χ0n) is 19.3. The molecule has 0 unspecified atom stereocenters. The maximum atomic E-state index is 12.7. The summed E-state index contributed by atoms with van der Waals surface area (Å²) in [5.74, 6) is 0.749. The Hall–Kier alpha value is -4.24. The summed E-state index contributed by atoms with van der Waals surface area (Å²) < 4.78 is 11.1. The smallest absolute Gasteiger partial charge is 0.286 e. The fourth-order valence-electron chi connectivity index (χ4n) is 3.11. The van der Waals surface area contributed by atoms with Gasteiger partial charge in [0.1, 0.15) is 18.1 Å². The minimum absolute atomic E-state index is 0.205. The van der Waals surface area contributed by atoms with Crippen LogP contribution in [0.2, 0.25) is 0 Å². The van der Waals surface area contributed by atoms with E-state index in [9.17, 15) is 9.59 Å². The molecular weight excluding hydrogens is 464 g/mol. The summed E-state index contributed by atoms with van der Waals surface area (Å²) in [6.07, 6.45) is 0. The molecule has 0 atom stereocenters. The quantitative estimate of drug-likeness (QED) is 0.330. The van der Waals surface area contributed by atoms with E-state index < -0.39 is 5.91 Å². The monoisotopic (exact) mass is 488 g/mol. The molecule has 0 radical (unpaired) electrons. The molecule has 9 heteroatoms. The summed E-state index contributed by atoms with van der Waals surface area (Å²) in [6.45, 7) is 4.70. The second-order valence-electron chi connectivity index (χ2n) is 7.55. The zero-order valence-corrected chi connectivity index (χ0v) is 20.1. The molecule has 35 heavy (non-hydrogen) atoms. The normalized spacial score (nSPS) is 10.5. The molecule has 2 N–H and O–H groups in total. The highest BCUT2D eigenvalue weighted by Crippen LogP contribution is 2.20. The summed E-state index contributed by atoms with van der Waals surface area (Å²) in [7, 11) is 0. The molecule has 178 valence electrons. The maximum Gasteiger partial charge on any atom is 0.286 e. The second kappa shape index (κ2) is 11.3. The molecule has 0 fully saturated rings. The molecule has 2 amide bonds. The number of amides is 2. The molecule has 0 spiro atoms. The predicted octanol–water partition coefficient (Wildman–Crippen LogP) is 5.33. The number of aromatic nitrogens is 2. The van der Waals surface area contributed by atoms with Crippen molar-refractivity contribution in [3.8, 4) is 11.5 Å². The Morgan fingerprint density at radius 2 is 1.51 bits per heavy atom. The molecule has 0 saturated heterocycles. The largest absolute Gasteiger partial charge is 0.494 e. The molecule has 1 aromatic heterocycles. The molecule has 4 rings (SSSR count). The fraction of sp³-hybridized carbons (Fsp3) is 0.154. The Balaban J connectivity index is 1.34. The van der Waals surface area contributed by atoms with Crippen LogP contribution in [0.15, 0.2) is 72.8 Å². The van der Waals surface area contributed by atoms with E-state index in [1.807, 2.05) is 38.1 Å². The molecule has 0 aliphatic carbocycles. The molecule has 1 heterocycles. The number of nitrogens with zero attached hydrogens (tertiary/aromatic N) is 2. The average molecular weight is 489 g/mol. The van der Waals surface area contributed by atoms with Crippen LogP contribution in [-0.4, -0.2) is 28.6 Å². The lowest BCUT2D eigenvalue weighted by Crippen LogP contribution is -2.14. The van der Waals surface area contributed by atoms with Crippen LogP contribution in [-0.2, 0) is 6.61 Å². The number of anilines is 2. The third-order valence-electron chi connectivity index (χ3n) is 4.85. The van der Waals surface area contributed by atoms with Crippen LogP contribution in [0.5, 0.6) is 11.5 Å². The van der Waals surface area contributed by atoms with Crippen LogP contribution in [0, 0.1) is 6.92 Å². The summed E-state index contributed by atoms with van der Waals surface area (Å²) >= 11 is 1.15. The molecule has 0 aliphatic rings. The van der Waals surface area contributed by atoms with Crippen molar-refractivity contribution in [3.63, 3.8) is 0 Å². The van der Waals surface area contributed by atoms with Crippen LogP contribution in [0.3, 0.4) is 0 Å². The topological polar surface area (TPSA) is 102 Å². The van der Waals surface area contributed by atoms with Crippen molar-refractivity contribution in [2.75, 3.05) is 17.2 Å². The van der Waals surface area contributed by atoms with Gasteiger partial charge in [-0.1, -0.05) is 35.1 Å². The van der Waals surface area contributed by atoms with Crippen molar-refractivity contribution >= 4 is 34.5 Å². The number of ether oxygens (including phenoxy) is 2. The maximum absolute atomic E-state index is 12.7. The Morgan fingerprint density at radius 1 is 0.829 bits per heavy atom. The third kappa shape index (κ3) is 6.64. The Morgan fingerprint density at radius 3 is 2.26 bits per heavy atom. The highest BCUT2D eigenvalue weighted by atomic mass is 32.1. The van der Waals surface area contributed by atoms with Gasteiger partial charge in [0.25, 0.3) is 11.8 Å². The minimum Gasteiger partial charge on any atom is -0.494 e. The molecule has 3 aromatic carbocycles. The number of hydrogen-bond donors (Lipinski definition) is 2. The number of benzene rings is 3. The van der Waals surface area contributed by atoms with Gasteiger partial charge in [-0.2, -0.15) is 0 Å². The van der Waals surface area contributed by atoms with E-state index in [1.165, 1.54) is 0 Å². The van der Waals surface area contributed by atoms with Gasteiger partial charge in [0.05, 0.1) is 6.61 Å². The lowest BCUT2D eigenvalue weighted by molar-refractivity contribution is 0.101. The van der Waals surface area contributed by atoms with Gasteiger partial charge in [0.15, 0.2) is 5.01 Å². The van der Waals surface area contributed by atoms with Crippen molar-refractivity contribution in [2.45, 2.75) is 20.5 Å². The number of aryl methyl sites for hydroxylation is 1. The summed E-state index contributed by atoms with van der Waals surface area (Å²) in [5, 5.41) is 14.4. The van der Waals surface area contributed by atoms with Crippen LogP contribution in [0.1, 0.15) is 37.7 Å². The van der Waals surface area contributed by atoms with E-state index in [1.54, 1.807) is 48.5 Å². The number of nitrogens with one attached hydrogen (secondary N) is 2. The Kier molecular flexibility index (Phi) is 7.69. The van der Waals surface area contributed by atoms with Gasteiger partial charge < -0.3 is 20.1 Å². The number of rotatable bonds is 9. The molecule has 0 saturated carbocycles. The van der Waals surface area contributed by atoms with Gasteiger partial charge in [-0.15, -0.1) is 10.2 Å². The van der Waals surface area contributed by atoms with Gasteiger partial charge in [-0.05, 0) is 68.4 Å². The number of hydrogen-bond acceptors (Lipinski definition) is 7. The van der Waals surface area contributed by atoms with Crippen molar-refractivity contribution in [1.29, 1.82) is 0 Å². The standard InChI is InChI=1S/C26H24N4O4S/c1-3-33-21-13-9-19(10-14-21)27-24(31)18-5-4-6-20(15-18)28-25(32)26-30-29-23(35-26)16-34-22-11-7-17(2)8-12-22/h4-15H,3,16H2,1-2H3,(H,27,31)(H,28,32). The lowest BCUT2D eigenvalue weighted by atomic mass is 10.2. The van der Waals surface area contributed by atoms with Crippen molar-refractivity contribution in [1.82, 2.24) is 10.2 Å². The number of carbonyl (C=O) groups excluding carboxylic acids is 2. The Labute approximate surface area is 206 Å². The van der Waals surface area contributed by atoms with Gasteiger partial charge in [-0.3, -0.25) is 9.59 Å². The highest BCUT2D eigenvalue weighted by Gasteiger charge is 2.15. The summed E-state index contributed by atoms with van der Waals surface area (Å²) in [6, 6.07) is 21.5. The molecular formula is C26H24N4O4S. The molecule has 4 aromatic rings. The second-order valence-corrected chi connectivity index (χ2v) is 8.61. The van der Waals surface area contributed by atoms with Crippen LogP contribution >= 0.6 is 11.3 Å². The summed E-state index contributed by atoms with van der Waals surface area (Å²) in [5.41, 5.74) is 2.66. The first-order valence-corrected chi connectivity index (χ1v) is 11.8. The van der Waals surface area contributed by atoms with Crippen molar-refractivity contribution in [3.05, 3.63) is 93.9 Å². The summed E-state index contributed by atoms with van der Waals surface area (Å²) in [4.78, 5) is 25.3. The molecule has 0 bridgehead atoms. The van der Waals surface area contributed by atoms with E-state index >= 15 is 0 Å². The van der Waals surface area contributed by atoms with E-state index in [-0.39, 0.29) is 17.5 Å². The van der Waals surface area contributed by atoms with Crippen molar-refractivity contribution < 1.29 is 19.1 Å². The molecule has 0 aliphatic heterocycles. The average Bonchev–Trinajstić information content (AvgIpc) is 3.35.